The summed E-state index contributed by atoms with van der Waals surface area (Å²) in [6.45, 7) is 7.78. The van der Waals surface area contributed by atoms with Crippen LogP contribution in [-0.4, -0.2) is 59.0 Å². The molecule has 0 spiro atoms. The maximum atomic E-state index is 12.4. The highest BCUT2D eigenvalue weighted by Gasteiger charge is 2.29. The van der Waals surface area contributed by atoms with E-state index in [0.29, 0.717) is 11.6 Å². The second kappa shape index (κ2) is 6.72. The topological polar surface area (TPSA) is 60.9 Å². The molecule has 1 heterocycles. The lowest BCUT2D eigenvalue weighted by molar-refractivity contribution is 0.0694. The molecule has 5 nitrogen and oxygen atoms in total. The molecule has 21 heavy (non-hydrogen) atoms. The first-order valence-corrected chi connectivity index (χ1v) is 7.43. The molecule has 114 valence electrons. The van der Waals surface area contributed by atoms with E-state index < -0.39 is 5.97 Å². The number of nitrogens with zero attached hydrogens (tertiary/aromatic N) is 2. The zero-order valence-electron chi connectivity index (χ0n) is 12.6. The Bertz CT molecular complexity index is 509. The fourth-order valence-electron chi connectivity index (χ4n) is 2.90. The summed E-state index contributed by atoms with van der Waals surface area (Å²) >= 11 is 0. The van der Waals surface area contributed by atoms with Crippen molar-refractivity contribution in [1.29, 1.82) is 0 Å². The summed E-state index contributed by atoms with van der Waals surface area (Å²) in [7, 11) is 0. The predicted octanol–water partition coefficient (Wildman–Crippen LogP) is 1.94. The number of amides is 1. The zero-order chi connectivity index (χ0) is 15.4. The van der Waals surface area contributed by atoms with Crippen LogP contribution < -0.4 is 0 Å². The summed E-state index contributed by atoms with van der Waals surface area (Å²) < 4.78 is 0. The van der Waals surface area contributed by atoms with Crippen LogP contribution in [0.25, 0.3) is 0 Å². The summed E-state index contributed by atoms with van der Waals surface area (Å²) in [6, 6.07) is 6.58. The number of carbonyl (C=O) groups is 2. The molecule has 1 aliphatic rings. The van der Waals surface area contributed by atoms with Gasteiger partial charge in [-0.25, -0.2) is 4.79 Å². The van der Waals surface area contributed by atoms with E-state index in [1.54, 1.807) is 12.1 Å². The highest BCUT2D eigenvalue weighted by molar-refractivity contribution is 5.96. The second-order valence-electron chi connectivity index (χ2n) is 5.30. The highest BCUT2D eigenvalue weighted by atomic mass is 16.4. The molecule has 1 N–H and O–H groups in total. The van der Waals surface area contributed by atoms with E-state index in [-0.39, 0.29) is 11.5 Å². The molecule has 0 aliphatic carbocycles. The number of aromatic carboxylic acids is 1. The molecule has 1 saturated heterocycles. The van der Waals surface area contributed by atoms with Gasteiger partial charge in [-0.15, -0.1) is 0 Å². The standard InChI is InChI=1S/C16H22N2O3/c1-3-17(4-2)14-9-10-18(11-14)15(19)12-5-7-13(8-6-12)16(20)21/h5-8,14H,3-4,9-11H2,1-2H3,(H,20,21). The maximum absolute atomic E-state index is 12.4. The third kappa shape index (κ3) is 3.42. The fourth-order valence-corrected chi connectivity index (χ4v) is 2.90. The summed E-state index contributed by atoms with van der Waals surface area (Å²) in [5.41, 5.74) is 0.759. The molecule has 1 amide bonds. The zero-order valence-corrected chi connectivity index (χ0v) is 12.6. The summed E-state index contributed by atoms with van der Waals surface area (Å²) in [5.74, 6) is -0.988. The average Bonchev–Trinajstić information content (AvgIpc) is 2.97. The van der Waals surface area contributed by atoms with Crippen molar-refractivity contribution in [2.45, 2.75) is 26.3 Å². The van der Waals surface area contributed by atoms with Crippen molar-refractivity contribution >= 4 is 11.9 Å². The van der Waals surface area contributed by atoms with Gasteiger partial charge in [0.15, 0.2) is 0 Å². The van der Waals surface area contributed by atoms with Crippen LogP contribution in [0.1, 0.15) is 41.0 Å². The number of carbonyl (C=O) groups excluding carboxylic acids is 1. The largest absolute Gasteiger partial charge is 0.478 e. The van der Waals surface area contributed by atoms with Crippen LogP contribution in [-0.2, 0) is 0 Å². The van der Waals surface area contributed by atoms with Crippen molar-refractivity contribution < 1.29 is 14.7 Å². The third-order valence-corrected chi connectivity index (χ3v) is 4.16. The number of likely N-dealkylation sites (N-methyl/N-ethyl adjacent to an activating group) is 1. The van der Waals surface area contributed by atoms with Gasteiger partial charge in [0.2, 0.25) is 0 Å². The quantitative estimate of drug-likeness (QED) is 0.900. The molecule has 1 unspecified atom stereocenters. The van der Waals surface area contributed by atoms with Crippen LogP contribution in [0.15, 0.2) is 24.3 Å². The summed E-state index contributed by atoms with van der Waals surface area (Å²) in [6.07, 6.45) is 1.00. The normalized spacial score (nSPS) is 18.2. The van der Waals surface area contributed by atoms with Gasteiger partial charge in [-0.3, -0.25) is 9.69 Å². The summed E-state index contributed by atoms with van der Waals surface area (Å²) in [5, 5.41) is 8.88. The number of rotatable bonds is 5. The average molecular weight is 290 g/mol. The van der Waals surface area contributed by atoms with Crippen molar-refractivity contribution in [2.24, 2.45) is 0 Å². The molecule has 2 rings (SSSR count). The first kappa shape index (κ1) is 15.5. The molecular formula is C16H22N2O3. The van der Waals surface area contributed by atoms with Crippen LogP contribution in [0, 0.1) is 0 Å². The van der Waals surface area contributed by atoms with Crippen LogP contribution in [0.2, 0.25) is 0 Å². The third-order valence-electron chi connectivity index (χ3n) is 4.16. The maximum Gasteiger partial charge on any atom is 0.335 e. The van der Waals surface area contributed by atoms with Crippen LogP contribution >= 0.6 is 0 Å². The lowest BCUT2D eigenvalue weighted by Crippen LogP contribution is -2.38. The van der Waals surface area contributed by atoms with Crippen LogP contribution in [0.5, 0.6) is 0 Å². The predicted molar refractivity (Wildman–Crippen MR) is 80.6 cm³/mol. The Kier molecular flexibility index (Phi) is 4.96. The van der Waals surface area contributed by atoms with Gasteiger partial charge in [0.05, 0.1) is 5.56 Å². The van der Waals surface area contributed by atoms with E-state index in [1.165, 1.54) is 12.1 Å². The van der Waals surface area contributed by atoms with Crippen molar-refractivity contribution in [1.82, 2.24) is 9.80 Å². The molecule has 1 aliphatic heterocycles. The number of carboxylic acid groups (broad SMARTS) is 1. The van der Waals surface area contributed by atoms with Crippen molar-refractivity contribution in [3.05, 3.63) is 35.4 Å². The van der Waals surface area contributed by atoms with Crippen molar-refractivity contribution in [3.63, 3.8) is 0 Å². The van der Waals surface area contributed by atoms with Gasteiger partial charge in [0.1, 0.15) is 0 Å². The number of likely N-dealkylation sites (tertiary alicyclic amines) is 1. The lowest BCUT2D eigenvalue weighted by Gasteiger charge is -2.26. The molecule has 5 heteroatoms. The minimum Gasteiger partial charge on any atom is -0.478 e. The Morgan fingerprint density at radius 1 is 1.19 bits per heavy atom. The molecule has 0 saturated carbocycles. The van der Waals surface area contributed by atoms with Gasteiger partial charge < -0.3 is 10.0 Å². The minimum atomic E-state index is -0.975. The molecular weight excluding hydrogens is 268 g/mol. The van der Waals surface area contributed by atoms with Crippen LogP contribution in [0.3, 0.4) is 0 Å². The van der Waals surface area contributed by atoms with Gasteiger partial charge in [-0.1, -0.05) is 13.8 Å². The molecule has 0 bridgehead atoms. The number of hydrogen-bond donors (Lipinski definition) is 1. The Morgan fingerprint density at radius 3 is 2.29 bits per heavy atom. The Hall–Kier alpha value is -1.88. The van der Waals surface area contributed by atoms with Gasteiger partial charge in [-0.05, 0) is 43.8 Å². The van der Waals surface area contributed by atoms with Gasteiger partial charge in [0.25, 0.3) is 5.91 Å². The monoisotopic (exact) mass is 290 g/mol. The first-order valence-electron chi connectivity index (χ1n) is 7.43. The Balaban J connectivity index is 2.02. The molecule has 1 aromatic carbocycles. The van der Waals surface area contributed by atoms with Gasteiger partial charge in [0, 0.05) is 24.7 Å². The van der Waals surface area contributed by atoms with Gasteiger partial charge in [-0.2, -0.15) is 0 Å². The smallest absolute Gasteiger partial charge is 0.335 e. The SMILES string of the molecule is CCN(CC)C1CCN(C(=O)c2ccc(C(=O)O)cc2)C1. The van der Waals surface area contributed by atoms with E-state index in [0.717, 1.165) is 32.6 Å². The first-order chi connectivity index (χ1) is 10.1. The Morgan fingerprint density at radius 2 is 1.76 bits per heavy atom. The minimum absolute atomic E-state index is 0.0124. The lowest BCUT2D eigenvalue weighted by atomic mass is 10.1. The van der Waals surface area contributed by atoms with E-state index in [2.05, 4.69) is 18.7 Å². The van der Waals surface area contributed by atoms with E-state index in [1.807, 2.05) is 4.90 Å². The molecule has 0 aromatic heterocycles. The molecule has 1 atom stereocenters. The number of benzene rings is 1. The van der Waals surface area contributed by atoms with E-state index in [4.69, 9.17) is 5.11 Å². The summed E-state index contributed by atoms with van der Waals surface area (Å²) in [4.78, 5) is 27.5. The van der Waals surface area contributed by atoms with Crippen LogP contribution in [0.4, 0.5) is 0 Å². The van der Waals surface area contributed by atoms with Crippen molar-refractivity contribution in [3.8, 4) is 0 Å². The van der Waals surface area contributed by atoms with Crippen molar-refractivity contribution in [2.75, 3.05) is 26.2 Å². The van der Waals surface area contributed by atoms with E-state index in [9.17, 15) is 9.59 Å². The van der Waals surface area contributed by atoms with E-state index >= 15 is 0 Å². The Labute approximate surface area is 125 Å². The van der Waals surface area contributed by atoms with Gasteiger partial charge >= 0.3 is 5.97 Å². The molecule has 1 aromatic rings. The number of hydrogen-bond acceptors (Lipinski definition) is 3. The highest BCUT2D eigenvalue weighted by Crippen LogP contribution is 2.18. The molecule has 1 fully saturated rings. The number of carboxylic acids is 1. The fraction of sp³-hybridized carbons (Fsp3) is 0.500. The second-order valence-corrected chi connectivity index (χ2v) is 5.30. The molecule has 0 radical (unpaired) electrons.